The summed E-state index contributed by atoms with van der Waals surface area (Å²) >= 11 is 0. The third-order valence-corrected chi connectivity index (χ3v) is 1.77. The Morgan fingerprint density at radius 2 is 2.00 bits per heavy atom. The van der Waals surface area contributed by atoms with Gasteiger partial charge in [0.05, 0.1) is 17.6 Å². The van der Waals surface area contributed by atoms with Crippen LogP contribution in [-0.2, 0) is 0 Å². The monoisotopic (exact) mass is 165 g/mol. The molecule has 0 aromatic carbocycles. The van der Waals surface area contributed by atoms with Crippen LogP contribution in [0.4, 0.5) is 5.69 Å². The van der Waals surface area contributed by atoms with Gasteiger partial charge in [0.15, 0.2) is 0 Å². The lowest BCUT2D eigenvalue weighted by Gasteiger charge is -2.12. The Morgan fingerprint density at radius 1 is 1.33 bits per heavy atom. The molecular formula is C9H15N3. The summed E-state index contributed by atoms with van der Waals surface area (Å²) in [6.07, 6.45) is 1.77. The van der Waals surface area contributed by atoms with Crippen LogP contribution in [0.2, 0.25) is 0 Å². The molecule has 1 heterocycles. The molecule has 0 saturated heterocycles. The minimum atomic E-state index is 0.442. The maximum atomic E-state index is 4.04. The number of rotatable bonds is 2. The third-order valence-electron chi connectivity index (χ3n) is 1.77. The van der Waals surface area contributed by atoms with Crippen molar-refractivity contribution in [3.05, 3.63) is 18.0 Å². The van der Waals surface area contributed by atoms with Gasteiger partial charge in [-0.15, -0.1) is 0 Å². The molecule has 3 nitrogen and oxygen atoms in total. The highest BCUT2D eigenvalue weighted by Crippen LogP contribution is 2.15. The zero-order chi connectivity index (χ0) is 9.14. The van der Waals surface area contributed by atoms with Crippen molar-refractivity contribution in [3.8, 4) is 0 Å². The number of hydrogen-bond acceptors (Lipinski definition) is 3. The Bertz CT molecular complexity index is 232. The zero-order valence-corrected chi connectivity index (χ0v) is 8.07. The first-order chi connectivity index (χ1) is 5.61. The summed E-state index contributed by atoms with van der Waals surface area (Å²) < 4.78 is 0. The van der Waals surface area contributed by atoms with E-state index in [4.69, 9.17) is 0 Å². The Kier molecular flexibility index (Phi) is 2.63. The maximum absolute atomic E-state index is 4.04. The molecule has 1 aromatic heterocycles. The Balaban J connectivity index is 2.96. The van der Waals surface area contributed by atoms with Gasteiger partial charge in [-0.2, -0.15) is 10.2 Å². The molecule has 1 rings (SSSR count). The quantitative estimate of drug-likeness (QED) is 0.667. The smallest absolute Gasteiger partial charge is 0.0729 e. The van der Waals surface area contributed by atoms with Gasteiger partial charge in [0, 0.05) is 14.1 Å². The van der Waals surface area contributed by atoms with Gasteiger partial charge in [-0.3, -0.25) is 0 Å². The van der Waals surface area contributed by atoms with Gasteiger partial charge >= 0.3 is 0 Å². The molecule has 3 heteroatoms. The fourth-order valence-electron chi connectivity index (χ4n) is 0.899. The van der Waals surface area contributed by atoms with Crippen LogP contribution >= 0.6 is 0 Å². The lowest BCUT2D eigenvalue weighted by Crippen LogP contribution is -2.10. The molecule has 0 bridgehead atoms. The van der Waals surface area contributed by atoms with Crippen LogP contribution < -0.4 is 4.90 Å². The first-order valence-corrected chi connectivity index (χ1v) is 4.11. The van der Waals surface area contributed by atoms with Crippen molar-refractivity contribution in [2.75, 3.05) is 19.0 Å². The molecule has 12 heavy (non-hydrogen) atoms. The maximum Gasteiger partial charge on any atom is 0.0729 e. The van der Waals surface area contributed by atoms with Crippen molar-refractivity contribution >= 4 is 5.69 Å². The molecule has 0 aliphatic carbocycles. The lowest BCUT2D eigenvalue weighted by molar-refractivity contribution is 0.783. The van der Waals surface area contributed by atoms with Gasteiger partial charge in [0.1, 0.15) is 0 Å². The van der Waals surface area contributed by atoms with Gasteiger partial charge in [0.25, 0.3) is 0 Å². The molecule has 0 amide bonds. The van der Waals surface area contributed by atoms with E-state index in [1.165, 1.54) is 0 Å². The summed E-state index contributed by atoms with van der Waals surface area (Å²) in [7, 11) is 4.00. The predicted octanol–water partition coefficient (Wildman–Crippen LogP) is 1.67. The highest BCUT2D eigenvalue weighted by Gasteiger charge is 2.03. The summed E-state index contributed by atoms with van der Waals surface area (Å²) in [5.41, 5.74) is 2.15. The van der Waals surface area contributed by atoms with Crippen molar-refractivity contribution in [2.45, 2.75) is 19.8 Å². The van der Waals surface area contributed by atoms with E-state index in [0.717, 1.165) is 11.4 Å². The SMILES string of the molecule is CC(C)c1cc(N(C)C)cnn1. The fraction of sp³-hybridized carbons (Fsp3) is 0.556. The average Bonchev–Trinajstić information content (AvgIpc) is 2.04. The minimum absolute atomic E-state index is 0.442. The van der Waals surface area contributed by atoms with E-state index in [2.05, 4.69) is 30.1 Å². The van der Waals surface area contributed by atoms with Gasteiger partial charge in [-0.1, -0.05) is 13.8 Å². The van der Waals surface area contributed by atoms with Crippen LogP contribution in [0.15, 0.2) is 12.3 Å². The van der Waals surface area contributed by atoms with Gasteiger partial charge < -0.3 is 4.90 Å². The lowest BCUT2D eigenvalue weighted by atomic mass is 10.1. The van der Waals surface area contributed by atoms with E-state index in [0.29, 0.717) is 5.92 Å². The highest BCUT2D eigenvalue weighted by molar-refractivity contribution is 5.43. The molecule has 0 atom stereocenters. The van der Waals surface area contributed by atoms with E-state index in [-0.39, 0.29) is 0 Å². The largest absolute Gasteiger partial charge is 0.376 e. The van der Waals surface area contributed by atoms with Crippen LogP contribution in [0.5, 0.6) is 0 Å². The van der Waals surface area contributed by atoms with Crippen LogP contribution in [-0.4, -0.2) is 24.3 Å². The number of aromatic nitrogens is 2. The summed E-state index contributed by atoms with van der Waals surface area (Å²) in [5.74, 6) is 0.442. The second-order valence-electron chi connectivity index (χ2n) is 3.39. The van der Waals surface area contributed by atoms with Crippen molar-refractivity contribution in [2.24, 2.45) is 0 Å². The van der Waals surface area contributed by atoms with Crippen LogP contribution in [0, 0.1) is 0 Å². The molecule has 0 fully saturated rings. The average molecular weight is 165 g/mol. The molecule has 0 aliphatic rings. The third kappa shape index (κ3) is 1.94. The molecule has 0 spiro atoms. The molecule has 0 radical (unpaired) electrons. The van der Waals surface area contributed by atoms with Gasteiger partial charge in [-0.25, -0.2) is 0 Å². The number of nitrogens with zero attached hydrogens (tertiary/aromatic N) is 3. The van der Waals surface area contributed by atoms with Crippen molar-refractivity contribution in [1.82, 2.24) is 10.2 Å². The van der Waals surface area contributed by atoms with E-state index in [1.54, 1.807) is 6.20 Å². The summed E-state index contributed by atoms with van der Waals surface area (Å²) in [4.78, 5) is 2.03. The minimum Gasteiger partial charge on any atom is -0.376 e. The highest BCUT2D eigenvalue weighted by atomic mass is 15.1. The van der Waals surface area contributed by atoms with Crippen LogP contribution in [0.3, 0.4) is 0 Å². The molecular weight excluding hydrogens is 150 g/mol. The second-order valence-corrected chi connectivity index (χ2v) is 3.39. The molecule has 0 aliphatic heterocycles. The van der Waals surface area contributed by atoms with E-state index < -0.39 is 0 Å². The van der Waals surface area contributed by atoms with E-state index >= 15 is 0 Å². The standard InChI is InChI=1S/C9H15N3/c1-7(2)9-5-8(12(3)4)6-10-11-9/h5-7H,1-4H3. The van der Waals surface area contributed by atoms with E-state index in [1.807, 2.05) is 19.0 Å². The fourth-order valence-corrected chi connectivity index (χ4v) is 0.899. The van der Waals surface area contributed by atoms with Crippen molar-refractivity contribution in [1.29, 1.82) is 0 Å². The van der Waals surface area contributed by atoms with Crippen molar-refractivity contribution < 1.29 is 0 Å². The summed E-state index contributed by atoms with van der Waals surface area (Å²) in [6.45, 7) is 4.23. The molecule has 0 unspecified atom stereocenters. The predicted molar refractivity (Wildman–Crippen MR) is 50.4 cm³/mol. The summed E-state index contributed by atoms with van der Waals surface area (Å²) in [5, 5.41) is 7.98. The zero-order valence-electron chi connectivity index (χ0n) is 8.07. The number of hydrogen-bond donors (Lipinski definition) is 0. The van der Waals surface area contributed by atoms with Gasteiger partial charge in [-0.05, 0) is 12.0 Å². The Morgan fingerprint density at radius 3 is 2.50 bits per heavy atom. The summed E-state index contributed by atoms with van der Waals surface area (Å²) in [6, 6.07) is 2.07. The first-order valence-electron chi connectivity index (χ1n) is 4.11. The molecule has 66 valence electrons. The molecule has 0 saturated carbocycles. The van der Waals surface area contributed by atoms with Crippen molar-refractivity contribution in [3.63, 3.8) is 0 Å². The Hall–Kier alpha value is -1.12. The molecule has 0 N–H and O–H groups in total. The number of anilines is 1. The second kappa shape index (κ2) is 3.52. The normalized spacial score (nSPS) is 10.4. The van der Waals surface area contributed by atoms with Gasteiger partial charge in [0.2, 0.25) is 0 Å². The first kappa shape index (κ1) is 8.97. The van der Waals surface area contributed by atoms with Crippen LogP contribution in [0.1, 0.15) is 25.5 Å². The Labute approximate surface area is 73.4 Å². The van der Waals surface area contributed by atoms with Crippen LogP contribution in [0.25, 0.3) is 0 Å². The van der Waals surface area contributed by atoms with E-state index in [9.17, 15) is 0 Å². The topological polar surface area (TPSA) is 29.0 Å². The molecule has 1 aromatic rings.